The molecule has 0 aliphatic heterocycles. The van der Waals surface area contributed by atoms with Crippen LogP contribution in [-0.2, 0) is 0 Å². The van der Waals surface area contributed by atoms with Crippen LogP contribution in [-0.4, -0.2) is 18.6 Å². The summed E-state index contributed by atoms with van der Waals surface area (Å²) in [5, 5.41) is 0. The van der Waals surface area contributed by atoms with Crippen LogP contribution >= 0.6 is 12.6 Å². The second-order valence-electron chi connectivity index (χ2n) is 2.30. The molecule has 0 heterocycles. The van der Waals surface area contributed by atoms with Crippen molar-refractivity contribution in [3.63, 3.8) is 0 Å². The summed E-state index contributed by atoms with van der Waals surface area (Å²) < 4.78 is 4.95. The monoisotopic (exact) mass is 181 g/mol. The molecule has 0 saturated heterocycles. The van der Waals surface area contributed by atoms with Crippen molar-refractivity contribution in [2.24, 2.45) is 0 Å². The Morgan fingerprint density at radius 1 is 1.42 bits per heavy atom. The Bertz CT molecular complexity index is 266. The van der Waals surface area contributed by atoms with Gasteiger partial charge in [0.05, 0.1) is 12.9 Å². The highest BCUT2D eigenvalue weighted by atomic mass is 32.1. The number of benzene rings is 1. The fourth-order valence-electron chi connectivity index (χ4n) is 0.860. The van der Waals surface area contributed by atoms with Gasteiger partial charge >= 0.3 is 0 Å². The Balaban J connectivity index is 2.84. The molecule has 0 aliphatic rings. The number of carbonyl (C=O) groups excluding carboxylic acids is 1. The molecule has 0 bridgehead atoms. The van der Waals surface area contributed by atoms with Crippen molar-refractivity contribution >= 4 is 18.4 Å². The van der Waals surface area contributed by atoms with Crippen LogP contribution in [0.5, 0.6) is 5.75 Å². The van der Waals surface area contributed by atoms with Gasteiger partial charge in [-0.3, -0.25) is 4.79 Å². The molecule has 3 heteroatoms. The number of ether oxygens (including phenoxy) is 1. The Kier molecular flexibility index (Phi) is 3.17. The van der Waals surface area contributed by atoms with E-state index in [9.17, 15) is 4.79 Å². The predicted molar refractivity (Wildman–Crippen MR) is 49.8 cm³/mol. The van der Waals surface area contributed by atoms with E-state index in [4.69, 9.17) is 4.74 Å². The van der Waals surface area contributed by atoms with Crippen molar-refractivity contribution in [1.29, 1.82) is 0 Å². The van der Waals surface area contributed by atoms with E-state index in [2.05, 4.69) is 12.6 Å². The molecule has 0 spiro atoms. The van der Waals surface area contributed by atoms with E-state index in [1.54, 1.807) is 31.4 Å². The van der Waals surface area contributed by atoms with Gasteiger partial charge in [-0.1, -0.05) is 12.6 Å². The van der Waals surface area contributed by atoms with Gasteiger partial charge in [-0.25, -0.2) is 0 Å². The Morgan fingerprint density at radius 3 is 2.42 bits per heavy atom. The molecule has 1 aromatic rings. The maximum atomic E-state index is 11.1. The first kappa shape index (κ1) is 9.13. The lowest BCUT2D eigenvalue weighted by molar-refractivity contribution is 0.102. The second-order valence-corrected chi connectivity index (χ2v) is 2.58. The number of rotatable bonds is 3. The molecule has 0 aromatic heterocycles. The van der Waals surface area contributed by atoms with E-state index in [-0.39, 0.29) is 11.5 Å². The van der Waals surface area contributed by atoms with Crippen molar-refractivity contribution in [3.05, 3.63) is 29.8 Å². The normalized spacial score (nSPS) is 9.50. The van der Waals surface area contributed by atoms with Gasteiger partial charge in [0.15, 0.2) is 5.78 Å². The summed E-state index contributed by atoms with van der Waals surface area (Å²) in [5.41, 5.74) is 0.644. The second kappa shape index (κ2) is 4.16. The molecule has 0 amide bonds. The first-order valence-corrected chi connectivity index (χ1v) is 4.11. The van der Waals surface area contributed by atoms with Gasteiger partial charge in [0.2, 0.25) is 0 Å². The highest BCUT2D eigenvalue weighted by Crippen LogP contribution is 2.11. The van der Waals surface area contributed by atoms with Crippen LogP contribution in [0.1, 0.15) is 10.4 Å². The summed E-state index contributed by atoms with van der Waals surface area (Å²) in [6, 6.07) is 6.93. The van der Waals surface area contributed by atoms with E-state index in [1.165, 1.54) is 0 Å². The van der Waals surface area contributed by atoms with Crippen molar-refractivity contribution in [2.45, 2.75) is 0 Å². The molecule has 0 aliphatic carbocycles. The fourth-order valence-corrected chi connectivity index (χ4v) is 1.03. The molecule has 0 fully saturated rings. The summed E-state index contributed by atoms with van der Waals surface area (Å²) in [6.45, 7) is 0. The van der Waals surface area contributed by atoms with Gasteiger partial charge in [0.1, 0.15) is 5.75 Å². The average molecular weight is 181 g/mol. The van der Waals surface area contributed by atoms with E-state index >= 15 is 0 Å². The topological polar surface area (TPSA) is 26.3 Å². The molecule has 0 atom stereocenters. The molecule has 1 radical (unpaired) electrons. The Labute approximate surface area is 77.0 Å². The van der Waals surface area contributed by atoms with Crippen LogP contribution in [0.25, 0.3) is 0 Å². The minimum Gasteiger partial charge on any atom is -0.497 e. The lowest BCUT2D eigenvalue weighted by Crippen LogP contribution is -1.99. The Morgan fingerprint density at radius 2 is 2.00 bits per heavy atom. The number of carbonyl (C=O) groups is 1. The molecule has 0 unspecified atom stereocenters. The van der Waals surface area contributed by atoms with Gasteiger partial charge in [0, 0.05) is 5.56 Å². The zero-order valence-corrected chi connectivity index (χ0v) is 7.56. The number of methoxy groups -OCH3 is 1. The first-order chi connectivity index (χ1) is 5.77. The molecule has 2 nitrogen and oxygen atoms in total. The maximum absolute atomic E-state index is 11.1. The third-order valence-corrected chi connectivity index (χ3v) is 1.81. The third-order valence-electron chi connectivity index (χ3n) is 1.54. The first-order valence-electron chi connectivity index (χ1n) is 3.53. The average Bonchev–Trinajstić information content (AvgIpc) is 2.17. The molecular weight excluding hydrogens is 172 g/mol. The quantitative estimate of drug-likeness (QED) is 0.667. The van der Waals surface area contributed by atoms with Crippen molar-refractivity contribution in [3.8, 4) is 5.75 Å². The Hall–Kier alpha value is -0.960. The van der Waals surface area contributed by atoms with Crippen LogP contribution in [0.4, 0.5) is 0 Å². The highest BCUT2D eigenvalue weighted by molar-refractivity contribution is 7.81. The largest absolute Gasteiger partial charge is 0.497 e. The molecule has 12 heavy (non-hydrogen) atoms. The fraction of sp³-hybridized carbons (Fsp3) is 0.222. The zero-order chi connectivity index (χ0) is 8.97. The molecule has 0 N–H and O–H groups in total. The summed E-state index contributed by atoms with van der Waals surface area (Å²) in [7, 11) is 1.59. The van der Waals surface area contributed by atoms with Crippen molar-refractivity contribution < 1.29 is 9.53 Å². The van der Waals surface area contributed by atoms with Gasteiger partial charge < -0.3 is 4.74 Å². The number of ketones is 1. The molecule has 63 valence electrons. The van der Waals surface area contributed by atoms with E-state index in [1.807, 2.05) is 0 Å². The van der Waals surface area contributed by atoms with Gasteiger partial charge in [-0.15, -0.1) is 0 Å². The molecule has 0 saturated carbocycles. The van der Waals surface area contributed by atoms with Crippen molar-refractivity contribution in [1.82, 2.24) is 0 Å². The minimum atomic E-state index is -0.0207. The van der Waals surface area contributed by atoms with E-state index in [0.717, 1.165) is 5.75 Å². The number of hydrogen-bond acceptors (Lipinski definition) is 2. The SMILES string of the molecule is COc1ccc(C(=O)C[S])cc1. The van der Waals surface area contributed by atoms with Gasteiger partial charge in [0.25, 0.3) is 0 Å². The summed E-state index contributed by atoms with van der Waals surface area (Å²) >= 11 is 4.64. The molecule has 1 aromatic carbocycles. The van der Waals surface area contributed by atoms with Gasteiger partial charge in [-0.2, -0.15) is 0 Å². The third kappa shape index (κ3) is 2.01. The molecular formula is C9H9O2S. The predicted octanol–water partition coefficient (Wildman–Crippen LogP) is 2.08. The van der Waals surface area contributed by atoms with Crippen LogP contribution in [0.2, 0.25) is 0 Å². The van der Waals surface area contributed by atoms with Crippen molar-refractivity contribution in [2.75, 3.05) is 12.9 Å². The van der Waals surface area contributed by atoms with Crippen LogP contribution in [0, 0.1) is 0 Å². The molecule has 1 rings (SSSR count). The minimum absolute atomic E-state index is 0.0207. The van der Waals surface area contributed by atoms with Crippen LogP contribution in [0.3, 0.4) is 0 Å². The van der Waals surface area contributed by atoms with E-state index in [0.29, 0.717) is 5.56 Å². The lowest BCUT2D eigenvalue weighted by Gasteiger charge is -1.99. The highest BCUT2D eigenvalue weighted by Gasteiger charge is 2.02. The van der Waals surface area contributed by atoms with E-state index < -0.39 is 0 Å². The number of Topliss-reactive ketones (excluding diaryl/α,β-unsaturated/α-hetero) is 1. The van der Waals surface area contributed by atoms with Gasteiger partial charge in [-0.05, 0) is 24.3 Å². The lowest BCUT2D eigenvalue weighted by atomic mass is 10.1. The summed E-state index contributed by atoms with van der Waals surface area (Å²) in [6.07, 6.45) is 0. The standard InChI is InChI=1S/C9H9O2S/c1-11-8-4-2-7(3-5-8)9(10)6-12/h2-5H,6H2,1H3. The van der Waals surface area contributed by atoms with Crippen LogP contribution < -0.4 is 4.74 Å². The smallest absolute Gasteiger partial charge is 0.173 e. The van der Waals surface area contributed by atoms with Crippen LogP contribution in [0.15, 0.2) is 24.3 Å². The maximum Gasteiger partial charge on any atom is 0.173 e. The summed E-state index contributed by atoms with van der Waals surface area (Å²) in [4.78, 5) is 11.1. The number of hydrogen-bond donors (Lipinski definition) is 0. The zero-order valence-electron chi connectivity index (χ0n) is 6.74. The summed E-state index contributed by atoms with van der Waals surface area (Å²) in [5.74, 6) is 0.857.